The molecule has 1 N–H and O–H groups in total. The van der Waals surface area contributed by atoms with Gasteiger partial charge in [0.25, 0.3) is 0 Å². The minimum Gasteiger partial charge on any atom is -0.497 e. The Morgan fingerprint density at radius 2 is 2.00 bits per heavy atom. The number of aliphatic hydroxyl groups is 1. The van der Waals surface area contributed by atoms with Gasteiger partial charge >= 0.3 is 11.9 Å². The number of rotatable bonds is 6. The van der Waals surface area contributed by atoms with E-state index in [0.717, 1.165) is 49.2 Å². The summed E-state index contributed by atoms with van der Waals surface area (Å²) in [7, 11) is 1.56. The predicted octanol–water partition coefficient (Wildman–Crippen LogP) is 2.05. The second-order valence-electron chi connectivity index (χ2n) is 9.58. The van der Waals surface area contributed by atoms with Crippen molar-refractivity contribution in [2.45, 2.75) is 69.3 Å². The molecule has 1 aromatic carbocycles. The number of benzene rings is 1. The number of methoxy groups -OCH3 is 1. The third-order valence-electron chi connectivity index (χ3n) is 7.21. The van der Waals surface area contributed by atoms with Gasteiger partial charge in [-0.1, -0.05) is 0 Å². The van der Waals surface area contributed by atoms with Gasteiger partial charge in [0.2, 0.25) is 6.79 Å². The van der Waals surface area contributed by atoms with Crippen LogP contribution in [-0.2, 0) is 30.2 Å². The molecule has 9 nitrogen and oxygen atoms in total. The molecule has 9 heteroatoms. The number of nitrogens with zero attached hydrogens (tertiary/aromatic N) is 1. The Kier molecular flexibility index (Phi) is 5.93. The largest absolute Gasteiger partial charge is 0.497 e. The summed E-state index contributed by atoms with van der Waals surface area (Å²) in [4.78, 5) is 27.3. The first-order valence-corrected chi connectivity index (χ1v) is 11.8. The highest BCUT2D eigenvalue weighted by Gasteiger charge is 2.58. The standard InChI is InChI=1S/C25H31NO8/c1-14(2)33-21(28)11-17(27)24(29)34-23-20(30-3)12-25-6-4-7-26(25)8-5-15-9-18-19(32-13-31-18)10-16(15)22(23)25/h9-10,12,14,17,22-23,27H,4-8,11,13H2,1-3H3/t17-,22-,23?,25+/m1/s1. The maximum absolute atomic E-state index is 12.9. The van der Waals surface area contributed by atoms with E-state index >= 15 is 0 Å². The van der Waals surface area contributed by atoms with Gasteiger partial charge in [0, 0.05) is 6.54 Å². The predicted molar refractivity (Wildman–Crippen MR) is 119 cm³/mol. The van der Waals surface area contributed by atoms with E-state index in [9.17, 15) is 14.7 Å². The molecule has 1 aromatic rings. The van der Waals surface area contributed by atoms with Crippen molar-refractivity contribution < 1.29 is 38.4 Å². The van der Waals surface area contributed by atoms with Gasteiger partial charge in [0.05, 0.1) is 31.1 Å². The lowest BCUT2D eigenvalue weighted by Crippen LogP contribution is -2.47. The van der Waals surface area contributed by atoms with E-state index in [1.165, 1.54) is 0 Å². The Bertz CT molecular complexity index is 1020. The van der Waals surface area contributed by atoms with Gasteiger partial charge in [-0.05, 0) is 69.0 Å². The Morgan fingerprint density at radius 1 is 1.24 bits per heavy atom. The molecule has 4 aliphatic rings. The summed E-state index contributed by atoms with van der Waals surface area (Å²) in [5, 5.41) is 10.4. The van der Waals surface area contributed by atoms with Crippen LogP contribution in [0.4, 0.5) is 0 Å². The van der Waals surface area contributed by atoms with E-state index in [2.05, 4.69) is 11.0 Å². The Labute approximate surface area is 198 Å². The van der Waals surface area contributed by atoms with E-state index in [1.54, 1.807) is 21.0 Å². The number of ether oxygens (including phenoxy) is 5. The van der Waals surface area contributed by atoms with E-state index in [-0.39, 0.29) is 24.4 Å². The first-order valence-electron chi connectivity index (χ1n) is 11.8. The van der Waals surface area contributed by atoms with Crippen LogP contribution in [0, 0.1) is 0 Å². The molecule has 1 fully saturated rings. The van der Waals surface area contributed by atoms with Gasteiger partial charge in [-0.15, -0.1) is 0 Å². The lowest BCUT2D eigenvalue weighted by atomic mass is 9.77. The number of fused-ring (bicyclic) bond motifs is 3. The van der Waals surface area contributed by atoms with Crippen LogP contribution in [0.1, 0.15) is 50.2 Å². The van der Waals surface area contributed by atoms with E-state index in [4.69, 9.17) is 23.7 Å². The van der Waals surface area contributed by atoms with Crippen LogP contribution in [0.2, 0.25) is 0 Å². The molecule has 3 heterocycles. The Hall–Kier alpha value is -2.78. The first-order chi connectivity index (χ1) is 16.3. The monoisotopic (exact) mass is 473 g/mol. The maximum Gasteiger partial charge on any atom is 0.336 e. The van der Waals surface area contributed by atoms with Gasteiger partial charge in [-0.25, -0.2) is 4.79 Å². The molecule has 5 rings (SSSR count). The number of hydrogen-bond acceptors (Lipinski definition) is 9. The highest BCUT2D eigenvalue weighted by atomic mass is 16.7. The fourth-order valence-electron chi connectivity index (χ4n) is 5.85. The summed E-state index contributed by atoms with van der Waals surface area (Å²) in [6.45, 7) is 5.39. The molecule has 1 spiro atoms. The zero-order valence-corrected chi connectivity index (χ0v) is 19.7. The number of carbonyl (C=O) groups is 2. The van der Waals surface area contributed by atoms with Crippen LogP contribution in [0.25, 0.3) is 0 Å². The second-order valence-corrected chi connectivity index (χ2v) is 9.58. The van der Waals surface area contributed by atoms with Crippen LogP contribution in [-0.4, -0.2) is 72.8 Å². The average molecular weight is 474 g/mol. The molecule has 184 valence electrons. The SMILES string of the molecule is COC1=C[C@]23CCCN2CCc2cc4c(cc2[C@@H]3C1OC(=O)[C@H](O)CC(=O)OC(C)C)OCO4. The van der Waals surface area contributed by atoms with Crippen molar-refractivity contribution in [3.8, 4) is 11.5 Å². The fourth-order valence-corrected chi connectivity index (χ4v) is 5.85. The summed E-state index contributed by atoms with van der Waals surface area (Å²) < 4.78 is 27.9. The minimum atomic E-state index is -1.62. The molecule has 34 heavy (non-hydrogen) atoms. The molecule has 1 saturated heterocycles. The number of aliphatic hydroxyl groups excluding tert-OH is 1. The molecule has 0 aromatic heterocycles. The molecular formula is C25H31NO8. The van der Waals surface area contributed by atoms with Gasteiger partial charge in [-0.3, -0.25) is 9.69 Å². The lowest BCUT2D eigenvalue weighted by Gasteiger charge is -2.39. The molecule has 0 saturated carbocycles. The summed E-state index contributed by atoms with van der Waals surface area (Å²) in [5.41, 5.74) is 1.79. The van der Waals surface area contributed by atoms with Crippen molar-refractivity contribution in [1.82, 2.24) is 4.90 Å². The number of esters is 2. The van der Waals surface area contributed by atoms with Crippen molar-refractivity contribution >= 4 is 11.9 Å². The number of hydrogen-bond donors (Lipinski definition) is 1. The zero-order chi connectivity index (χ0) is 24.0. The van der Waals surface area contributed by atoms with Crippen molar-refractivity contribution in [3.63, 3.8) is 0 Å². The number of carbonyl (C=O) groups excluding carboxylic acids is 2. The van der Waals surface area contributed by atoms with Gasteiger partial charge in [0.15, 0.2) is 23.7 Å². The summed E-state index contributed by atoms with van der Waals surface area (Å²) >= 11 is 0. The molecule has 0 radical (unpaired) electrons. The highest BCUT2D eigenvalue weighted by molar-refractivity contribution is 5.82. The van der Waals surface area contributed by atoms with Gasteiger partial charge < -0.3 is 28.8 Å². The van der Waals surface area contributed by atoms with Crippen LogP contribution in [0.15, 0.2) is 24.0 Å². The van der Waals surface area contributed by atoms with Gasteiger partial charge in [0.1, 0.15) is 5.76 Å². The van der Waals surface area contributed by atoms with Crippen LogP contribution < -0.4 is 9.47 Å². The zero-order valence-electron chi connectivity index (χ0n) is 19.7. The molecular weight excluding hydrogens is 442 g/mol. The van der Waals surface area contributed by atoms with Crippen molar-refractivity contribution in [1.29, 1.82) is 0 Å². The van der Waals surface area contributed by atoms with Crippen LogP contribution >= 0.6 is 0 Å². The molecule has 3 aliphatic heterocycles. The quantitative estimate of drug-likeness (QED) is 0.622. The smallest absolute Gasteiger partial charge is 0.336 e. The van der Waals surface area contributed by atoms with E-state index < -0.39 is 30.6 Å². The summed E-state index contributed by atoms with van der Waals surface area (Å²) in [6, 6.07) is 4.02. The van der Waals surface area contributed by atoms with E-state index in [0.29, 0.717) is 11.5 Å². The average Bonchev–Trinajstić information content (AvgIpc) is 3.46. The molecule has 1 unspecified atom stereocenters. The molecule has 0 bridgehead atoms. The van der Waals surface area contributed by atoms with E-state index in [1.807, 2.05) is 12.1 Å². The Morgan fingerprint density at radius 3 is 2.74 bits per heavy atom. The van der Waals surface area contributed by atoms with Crippen LogP contribution in [0.3, 0.4) is 0 Å². The third-order valence-corrected chi connectivity index (χ3v) is 7.21. The summed E-state index contributed by atoms with van der Waals surface area (Å²) in [5.74, 6) is 0.178. The maximum atomic E-state index is 12.9. The fraction of sp³-hybridized carbons (Fsp3) is 0.600. The topological polar surface area (TPSA) is 104 Å². The van der Waals surface area contributed by atoms with Crippen molar-refractivity contribution in [2.75, 3.05) is 27.0 Å². The minimum absolute atomic E-state index is 0.179. The highest BCUT2D eigenvalue weighted by Crippen LogP contribution is 2.55. The van der Waals surface area contributed by atoms with Gasteiger partial charge in [-0.2, -0.15) is 0 Å². The lowest BCUT2D eigenvalue weighted by molar-refractivity contribution is -0.166. The molecule has 1 aliphatic carbocycles. The second kappa shape index (κ2) is 8.78. The van der Waals surface area contributed by atoms with Crippen LogP contribution in [0.5, 0.6) is 11.5 Å². The normalized spacial score (nSPS) is 27.9. The molecule has 0 amide bonds. The van der Waals surface area contributed by atoms with Crippen molar-refractivity contribution in [2.24, 2.45) is 0 Å². The summed E-state index contributed by atoms with van der Waals surface area (Å²) in [6.07, 6.45) is 1.68. The van der Waals surface area contributed by atoms with Crippen molar-refractivity contribution in [3.05, 3.63) is 35.1 Å². The first kappa shape index (κ1) is 23.0. The Balaban J connectivity index is 1.48. The molecule has 4 atom stereocenters. The third kappa shape index (κ3) is 3.80.